The molecule has 0 bridgehead atoms. The van der Waals surface area contributed by atoms with Gasteiger partial charge in [-0.15, -0.1) is 0 Å². The lowest BCUT2D eigenvalue weighted by atomic mass is 10.1. The Morgan fingerprint density at radius 3 is 2.22 bits per heavy atom. The zero-order valence-corrected chi connectivity index (χ0v) is 18.6. The minimum atomic E-state index is -0.993. The monoisotopic (exact) mass is 434 g/mol. The normalized spacial score (nSPS) is 17.3. The second-order valence-corrected chi connectivity index (χ2v) is 7.89. The maximum absolute atomic E-state index is 13.2. The number of methoxy groups -OCH3 is 2. The highest BCUT2D eigenvalue weighted by Gasteiger charge is 2.48. The summed E-state index contributed by atoms with van der Waals surface area (Å²) < 4.78 is 23.1. The molecule has 0 saturated carbocycles. The Labute approximate surface area is 187 Å². The lowest BCUT2D eigenvalue weighted by Gasteiger charge is -2.26. The molecule has 3 aromatic rings. The van der Waals surface area contributed by atoms with Gasteiger partial charge in [-0.2, -0.15) is 0 Å². The van der Waals surface area contributed by atoms with Crippen molar-refractivity contribution < 1.29 is 23.7 Å². The van der Waals surface area contributed by atoms with E-state index in [-0.39, 0.29) is 12.5 Å². The molecule has 7 nitrogen and oxygen atoms in total. The van der Waals surface area contributed by atoms with Crippen LogP contribution in [0.3, 0.4) is 0 Å². The van der Waals surface area contributed by atoms with Gasteiger partial charge in [0.05, 0.1) is 38.2 Å². The number of amides is 1. The lowest BCUT2D eigenvalue weighted by molar-refractivity contribution is -0.134. The molecule has 1 amide bonds. The number of carbonyl (C=O) groups is 1. The molecule has 32 heavy (non-hydrogen) atoms. The van der Waals surface area contributed by atoms with E-state index in [2.05, 4.69) is 4.98 Å². The van der Waals surface area contributed by atoms with Crippen molar-refractivity contribution in [2.45, 2.75) is 32.2 Å². The fourth-order valence-electron chi connectivity index (χ4n) is 3.70. The number of pyridine rings is 1. The number of hydrogen-bond donors (Lipinski definition) is 0. The van der Waals surface area contributed by atoms with Crippen LogP contribution >= 0.6 is 0 Å². The van der Waals surface area contributed by atoms with Gasteiger partial charge >= 0.3 is 0 Å². The molecule has 0 spiro atoms. The van der Waals surface area contributed by atoms with Crippen molar-refractivity contribution in [2.24, 2.45) is 0 Å². The first-order valence-corrected chi connectivity index (χ1v) is 10.3. The Morgan fingerprint density at radius 1 is 0.938 bits per heavy atom. The van der Waals surface area contributed by atoms with Gasteiger partial charge in [0, 0.05) is 0 Å². The summed E-state index contributed by atoms with van der Waals surface area (Å²) in [5, 5.41) is 0. The summed E-state index contributed by atoms with van der Waals surface area (Å²) in [5.41, 5.74) is 0.381. The number of rotatable bonds is 7. The van der Waals surface area contributed by atoms with E-state index in [1.54, 1.807) is 39.2 Å². The van der Waals surface area contributed by atoms with Crippen LogP contribution in [0.25, 0.3) is 0 Å². The van der Waals surface area contributed by atoms with Crippen molar-refractivity contribution in [3.63, 3.8) is 0 Å². The molecule has 0 aliphatic carbocycles. The average Bonchev–Trinajstić information content (AvgIpc) is 3.03. The average molecular weight is 434 g/mol. The summed E-state index contributed by atoms with van der Waals surface area (Å²) in [4.78, 5) is 19.3. The molecule has 1 unspecified atom stereocenters. The highest BCUT2D eigenvalue weighted by atomic mass is 16.6. The molecule has 2 aromatic carbocycles. The summed E-state index contributed by atoms with van der Waals surface area (Å²) in [6.45, 7) is 3.78. The molecule has 1 aromatic heterocycles. The molecule has 1 atom stereocenters. The van der Waals surface area contributed by atoms with E-state index < -0.39 is 11.8 Å². The van der Waals surface area contributed by atoms with E-state index >= 15 is 0 Å². The summed E-state index contributed by atoms with van der Waals surface area (Å²) >= 11 is 0. The lowest BCUT2D eigenvalue weighted by Crippen LogP contribution is -2.35. The van der Waals surface area contributed by atoms with Crippen molar-refractivity contribution in [1.29, 1.82) is 0 Å². The maximum atomic E-state index is 13.2. The van der Waals surface area contributed by atoms with Crippen molar-refractivity contribution in [1.82, 2.24) is 9.88 Å². The van der Waals surface area contributed by atoms with Crippen LogP contribution in [0.1, 0.15) is 31.3 Å². The van der Waals surface area contributed by atoms with E-state index in [1.807, 2.05) is 60.7 Å². The fraction of sp³-hybridized carbons (Fsp3) is 0.280. The van der Waals surface area contributed by atoms with E-state index in [0.717, 1.165) is 5.75 Å². The molecule has 7 heteroatoms. The Kier molecular flexibility index (Phi) is 6.01. The number of ether oxygens (including phenoxy) is 4. The fourth-order valence-corrected chi connectivity index (χ4v) is 3.70. The third kappa shape index (κ3) is 4.24. The molecule has 1 saturated heterocycles. The molecule has 1 fully saturated rings. The first-order valence-electron chi connectivity index (χ1n) is 10.3. The standard InChI is InChI=1S/C25H26N2O5/c1-25(2)24(28)27(23(32-25)22-20(29-3)11-8-12-21(22)30-4)16-17-13-14-19(15-26-17)31-18-9-6-5-7-10-18/h5-15,23H,16H2,1-4H3. The van der Waals surface area contributed by atoms with Gasteiger partial charge in [0.1, 0.15) is 28.6 Å². The SMILES string of the molecule is COc1cccc(OC)c1C1OC(C)(C)C(=O)N1Cc1ccc(Oc2ccccc2)cn1. The third-order valence-corrected chi connectivity index (χ3v) is 5.29. The molecule has 4 rings (SSSR count). The van der Waals surface area contributed by atoms with Gasteiger partial charge in [0.15, 0.2) is 6.23 Å². The van der Waals surface area contributed by atoms with Crippen LogP contribution in [0.4, 0.5) is 0 Å². The molecule has 0 radical (unpaired) electrons. The molecule has 1 aliphatic heterocycles. The Bertz CT molecular complexity index is 1060. The number of carbonyl (C=O) groups excluding carboxylic acids is 1. The summed E-state index contributed by atoms with van der Waals surface area (Å²) in [6.07, 6.45) is 0.971. The number of aromatic nitrogens is 1. The maximum Gasteiger partial charge on any atom is 0.257 e. The van der Waals surface area contributed by atoms with Crippen molar-refractivity contribution in [3.05, 3.63) is 78.1 Å². The molecular weight excluding hydrogens is 408 g/mol. The second-order valence-electron chi connectivity index (χ2n) is 7.89. The van der Waals surface area contributed by atoms with Gasteiger partial charge in [0.2, 0.25) is 0 Å². The summed E-state index contributed by atoms with van der Waals surface area (Å²) in [7, 11) is 3.16. The Balaban J connectivity index is 1.61. The van der Waals surface area contributed by atoms with Crippen molar-refractivity contribution in [3.8, 4) is 23.0 Å². The number of benzene rings is 2. The molecule has 0 N–H and O–H groups in total. The van der Waals surface area contributed by atoms with Crippen LogP contribution in [0, 0.1) is 0 Å². The topological polar surface area (TPSA) is 70.1 Å². The van der Waals surface area contributed by atoms with Gasteiger partial charge in [-0.1, -0.05) is 24.3 Å². The van der Waals surface area contributed by atoms with Gasteiger partial charge in [-0.25, -0.2) is 0 Å². The van der Waals surface area contributed by atoms with Crippen LogP contribution in [0.15, 0.2) is 66.9 Å². The predicted molar refractivity (Wildman–Crippen MR) is 119 cm³/mol. The van der Waals surface area contributed by atoms with Gasteiger partial charge < -0.3 is 23.8 Å². The smallest absolute Gasteiger partial charge is 0.257 e. The highest BCUT2D eigenvalue weighted by molar-refractivity contribution is 5.86. The molecule has 2 heterocycles. The quantitative estimate of drug-likeness (QED) is 0.536. The minimum Gasteiger partial charge on any atom is -0.496 e. The molecule has 1 aliphatic rings. The van der Waals surface area contributed by atoms with Crippen LogP contribution in [-0.2, 0) is 16.1 Å². The van der Waals surface area contributed by atoms with Gasteiger partial charge in [0.25, 0.3) is 5.91 Å². The Morgan fingerprint density at radius 2 is 1.62 bits per heavy atom. The van der Waals surface area contributed by atoms with E-state index in [1.165, 1.54) is 0 Å². The molecule has 166 valence electrons. The van der Waals surface area contributed by atoms with E-state index in [9.17, 15) is 4.79 Å². The first-order chi connectivity index (χ1) is 15.4. The largest absolute Gasteiger partial charge is 0.496 e. The van der Waals surface area contributed by atoms with Crippen LogP contribution in [0.2, 0.25) is 0 Å². The third-order valence-electron chi connectivity index (χ3n) is 5.29. The van der Waals surface area contributed by atoms with Crippen LogP contribution in [-0.4, -0.2) is 35.6 Å². The van der Waals surface area contributed by atoms with Crippen LogP contribution in [0.5, 0.6) is 23.0 Å². The van der Waals surface area contributed by atoms with E-state index in [0.29, 0.717) is 28.5 Å². The van der Waals surface area contributed by atoms with Crippen LogP contribution < -0.4 is 14.2 Å². The molecular formula is C25H26N2O5. The number of para-hydroxylation sites is 1. The van der Waals surface area contributed by atoms with Gasteiger partial charge in [-0.05, 0) is 50.2 Å². The van der Waals surface area contributed by atoms with Gasteiger partial charge in [-0.3, -0.25) is 9.78 Å². The summed E-state index contributed by atoms with van der Waals surface area (Å²) in [5.74, 6) is 2.39. The predicted octanol–water partition coefficient (Wildman–Crippen LogP) is 4.73. The number of hydrogen-bond acceptors (Lipinski definition) is 6. The minimum absolute atomic E-state index is 0.137. The first kappa shape index (κ1) is 21.6. The second kappa shape index (κ2) is 8.88. The zero-order chi connectivity index (χ0) is 22.7. The zero-order valence-electron chi connectivity index (χ0n) is 18.6. The highest BCUT2D eigenvalue weighted by Crippen LogP contribution is 2.45. The van der Waals surface area contributed by atoms with E-state index in [4.69, 9.17) is 18.9 Å². The van der Waals surface area contributed by atoms with Crippen molar-refractivity contribution >= 4 is 5.91 Å². The summed E-state index contributed by atoms with van der Waals surface area (Å²) in [6, 6.07) is 18.6. The number of nitrogens with zero attached hydrogens (tertiary/aromatic N) is 2. The Hall–Kier alpha value is -3.58. The van der Waals surface area contributed by atoms with Crippen molar-refractivity contribution in [2.75, 3.05) is 14.2 Å².